The second-order valence-electron chi connectivity index (χ2n) is 5.54. The smallest absolute Gasteiger partial charge is 0.261 e. The molecule has 132 valence electrons. The van der Waals surface area contributed by atoms with Crippen molar-refractivity contribution in [2.45, 2.75) is 6.92 Å². The van der Waals surface area contributed by atoms with E-state index in [0.29, 0.717) is 16.1 Å². The molecule has 25 heavy (non-hydrogen) atoms. The van der Waals surface area contributed by atoms with Crippen molar-refractivity contribution in [3.05, 3.63) is 50.7 Å². The topological polar surface area (TPSA) is 78.5 Å². The third-order valence-corrected chi connectivity index (χ3v) is 4.58. The normalized spacial score (nSPS) is 10.2. The van der Waals surface area contributed by atoms with E-state index in [0.717, 1.165) is 4.88 Å². The molecule has 1 heterocycles. The van der Waals surface area contributed by atoms with E-state index >= 15 is 0 Å². The Hall–Kier alpha value is -2.38. The van der Waals surface area contributed by atoms with Crippen LogP contribution in [0.3, 0.4) is 0 Å². The van der Waals surface area contributed by atoms with E-state index in [1.54, 1.807) is 32.3 Å². The van der Waals surface area contributed by atoms with Gasteiger partial charge in [-0.1, -0.05) is 11.6 Å². The van der Waals surface area contributed by atoms with Gasteiger partial charge < -0.3 is 15.5 Å². The van der Waals surface area contributed by atoms with Crippen LogP contribution in [0.1, 0.15) is 24.9 Å². The lowest BCUT2D eigenvalue weighted by Crippen LogP contribution is -2.32. The van der Waals surface area contributed by atoms with Crippen LogP contribution >= 0.6 is 22.9 Å². The number of carbonyl (C=O) groups is 3. The zero-order valence-corrected chi connectivity index (χ0v) is 15.6. The molecule has 2 aromatic rings. The first-order valence-electron chi connectivity index (χ1n) is 7.43. The molecule has 0 fully saturated rings. The molecule has 1 aromatic heterocycles. The lowest BCUT2D eigenvalue weighted by Gasteiger charge is -2.13. The van der Waals surface area contributed by atoms with Gasteiger partial charge in [0.05, 0.1) is 22.0 Å². The fraction of sp³-hybridized carbons (Fsp3) is 0.235. The van der Waals surface area contributed by atoms with Crippen molar-refractivity contribution in [2.24, 2.45) is 0 Å². The third kappa shape index (κ3) is 5.04. The van der Waals surface area contributed by atoms with Crippen molar-refractivity contribution >= 4 is 46.3 Å². The Bertz CT molecular complexity index is 817. The maximum Gasteiger partial charge on any atom is 0.261 e. The molecule has 0 saturated heterocycles. The van der Waals surface area contributed by atoms with E-state index in [4.69, 9.17) is 11.6 Å². The highest BCUT2D eigenvalue weighted by atomic mass is 35.5. The first kappa shape index (κ1) is 19.0. The van der Waals surface area contributed by atoms with Crippen molar-refractivity contribution in [1.82, 2.24) is 10.2 Å². The van der Waals surface area contributed by atoms with Crippen LogP contribution in [-0.4, -0.2) is 43.3 Å². The number of hydrogen-bond acceptors (Lipinski definition) is 4. The van der Waals surface area contributed by atoms with Crippen LogP contribution in [0.25, 0.3) is 0 Å². The minimum absolute atomic E-state index is 0.161. The second kappa shape index (κ2) is 8.13. The Morgan fingerprint density at radius 2 is 1.88 bits per heavy atom. The van der Waals surface area contributed by atoms with Crippen molar-refractivity contribution < 1.29 is 14.4 Å². The minimum atomic E-state index is -0.385. The number of thiophene rings is 1. The molecule has 0 unspecified atom stereocenters. The zero-order valence-electron chi connectivity index (χ0n) is 14.1. The molecule has 0 aliphatic rings. The number of benzene rings is 1. The summed E-state index contributed by atoms with van der Waals surface area (Å²) in [4.78, 5) is 38.8. The fourth-order valence-electron chi connectivity index (χ4n) is 2.02. The molecule has 0 saturated carbocycles. The number of rotatable bonds is 5. The number of halogens is 1. The third-order valence-electron chi connectivity index (χ3n) is 3.26. The van der Waals surface area contributed by atoms with Gasteiger partial charge in [-0.2, -0.15) is 0 Å². The Balaban J connectivity index is 1.93. The van der Waals surface area contributed by atoms with Crippen LogP contribution in [0, 0.1) is 6.92 Å². The van der Waals surface area contributed by atoms with E-state index in [1.165, 1.54) is 22.3 Å². The number of nitrogens with zero attached hydrogens (tertiary/aromatic N) is 1. The molecular weight excluding hydrogens is 362 g/mol. The summed E-state index contributed by atoms with van der Waals surface area (Å²) in [6, 6.07) is 8.20. The van der Waals surface area contributed by atoms with Gasteiger partial charge in [0.1, 0.15) is 0 Å². The van der Waals surface area contributed by atoms with Crippen LogP contribution < -0.4 is 10.6 Å². The molecule has 0 aliphatic carbocycles. The maximum atomic E-state index is 12.0. The summed E-state index contributed by atoms with van der Waals surface area (Å²) in [6.45, 7) is 1.74. The fourth-order valence-corrected chi connectivity index (χ4v) is 3.06. The van der Waals surface area contributed by atoms with Crippen LogP contribution in [0.5, 0.6) is 0 Å². The quantitative estimate of drug-likeness (QED) is 0.838. The molecule has 8 heteroatoms. The monoisotopic (exact) mass is 379 g/mol. The van der Waals surface area contributed by atoms with E-state index in [-0.39, 0.29) is 29.3 Å². The highest BCUT2D eigenvalue weighted by molar-refractivity contribution is 7.13. The predicted molar refractivity (Wildman–Crippen MR) is 99.5 cm³/mol. The molecule has 0 atom stereocenters. The van der Waals surface area contributed by atoms with Crippen LogP contribution in [0.2, 0.25) is 5.02 Å². The Morgan fingerprint density at radius 1 is 1.16 bits per heavy atom. The highest BCUT2D eigenvalue weighted by Crippen LogP contribution is 2.22. The first-order valence-corrected chi connectivity index (χ1v) is 8.63. The number of carbonyl (C=O) groups excluding carboxylic acids is 3. The Kier molecular flexibility index (Phi) is 6.17. The van der Waals surface area contributed by atoms with Crippen LogP contribution in [-0.2, 0) is 4.79 Å². The molecule has 0 aliphatic heterocycles. The molecular formula is C17H18ClN3O3S. The van der Waals surface area contributed by atoms with Gasteiger partial charge in [0, 0.05) is 24.7 Å². The van der Waals surface area contributed by atoms with Crippen molar-refractivity contribution in [3.8, 4) is 0 Å². The molecule has 1 aromatic carbocycles. The summed E-state index contributed by atoms with van der Waals surface area (Å²) in [7, 11) is 3.26. The number of nitrogens with one attached hydrogen (secondary N) is 2. The zero-order chi connectivity index (χ0) is 18.6. The SMILES string of the molecule is Cc1ccc(C(=O)NCC(=O)Nc2ccc(C(=O)N(C)C)c(Cl)c2)s1. The summed E-state index contributed by atoms with van der Waals surface area (Å²) in [5.74, 6) is -0.899. The van der Waals surface area contributed by atoms with Gasteiger partial charge >= 0.3 is 0 Å². The average Bonchev–Trinajstić information content (AvgIpc) is 2.98. The number of anilines is 1. The molecule has 3 amide bonds. The van der Waals surface area contributed by atoms with Crippen LogP contribution in [0.15, 0.2) is 30.3 Å². The molecule has 2 N–H and O–H groups in total. The van der Waals surface area contributed by atoms with E-state index in [1.807, 2.05) is 13.0 Å². The lowest BCUT2D eigenvalue weighted by molar-refractivity contribution is -0.115. The number of aryl methyl sites for hydroxylation is 1. The van der Waals surface area contributed by atoms with Gasteiger partial charge in [-0.15, -0.1) is 11.3 Å². The Morgan fingerprint density at radius 3 is 2.44 bits per heavy atom. The lowest BCUT2D eigenvalue weighted by atomic mass is 10.2. The van der Waals surface area contributed by atoms with Gasteiger partial charge in [0.2, 0.25) is 5.91 Å². The molecule has 0 bridgehead atoms. The number of amides is 3. The summed E-state index contributed by atoms with van der Waals surface area (Å²) >= 11 is 7.46. The first-order chi connectivity index (χ1) is 11.8. The standard InChI is InChI=1S/C17H18ClN3O3S/c1-10-4-7-14(25-10)16(23)19-9-15(22)20-11-5-6-12(13(18)8-11)17(24)21(2)3/h4-8H,9H2,1-3H3,(H,19,23)(H,20,22). The van der Waals surface area contributed by atoms with E-state index < -0.39 is 0 Å². The molecule has 0 spiro atoms. The van der Waals surface area contributed by atoms with Crippen LogP contribution in [0.4, 0.5) is 5.69 Å². The van der Waals surface area contributed by atoms with Gasteiger partial charge in [-0.3, -0.25) is 14.4 Å². The summed E-state index contributed by atoms with van der Waals surface area (Å²) in [6.07, 6.45) is 0. The molecule has 6 nitrogen and oxygen atoms in total. The summed E-state index contributed by atoms with van der Waals surface area (Å²) in [5.41, 5.74) is 0.803. The molecule has 0 radical (unpaired) electrons. The maximum absolute atomic E-state index is 12.0. The van der Waals surface area contributed by atoms with Crippen molar-refractivity contribution in [3.63, 3.8) is 0 Å². The van der Waals surface area contributed by atoms with E-state index in [9.17, 15) is 14.4 Å². The summed E-state index contributed by atoms with van der Waals surface area (Å²) < 4.78 is 0. The summed E-state index contributed by atoms with van der Waals surface area (Å²) in [5, 5.41) is 5.43. The molecule has 2 rings (SSSR count). The van der Waals surface area contributed by atoms with Gasteiger partial charge in [-0.25, -0.2) is 0 Å². The van der Waals surface area contributed by atoms with Gasteiger partial charge in [0.25, 0.3) is 11.8 Å². The van der Waals surface area contributed by atoms with Gasteiger partial charge in [-0.05, 0) is 37.3 Å². The van der Waals surface area contributed by atoms with Gasteiger partial charge in [0.15, 0.2) is 0 Å². The average molecular weight is 380 g/mol. The number of hydrogen-bond donors (Lipinski definition) is 2. The van der Waals surface area contributed by atoms with Crippen molar-refractivity contribution in [2.75, 3.05) is 26.0 Å². The largest absolute Gasteiger partial charge is 0.345 e. The predicted octanol–water partition coefficient (Wildman–Crippen LogP) is 2.78. The van der Waals surface area contributed by atoms with E-state index in [2.05, 4.69) is 10.6 Å². The highest BCUT2D eigenvalue weighted by Gasteiger charge is 2.14. The second-order valence-corrected chi connectivity index (χ2v) is 7.23. The minimum Gasteiger partial charge on any atom is -0.345 e. The van der Waals surface area contributed by atoms with Crippen molar-refractivity contribution in [1.29, 1.82) is 0 Å². The Labute approximate surface area is 154 Å².